The largest absolute Gasteiger partial charge is 0.450 e. The highest BCUT2D eigenvalue weighted by Crippen LogP contribution is 2.31. The summed E-state index contributed by atoms with van der Waals surface area (Å²) in [6.07, 6.45) is -0.155. The van der Waals surface area contributed by atoms with E-state index in [0.717, 1.165) is 5.01 Å². The maximum Gasteiger partial charge on any atom is 0.409 e. The van der Waals surface area contributed by atoms with Crippen molar-refractivity contribution in [2.24, 2.45) is 5.92 Å². The lowest BCUT2D eigenvalue weighted by atomic mass is 10.1. The number of piperazine rings is 1. The van der Waals surface area contributed by atoms with Crippen LogP contribution in [0.4, 0.5) is 9.93 Å². The van der Waals surface area contributed by atoms with Crippen LogP contribution in [0.3, 0.4) is 0 Å². The molecule has 0 radical (unpaired) electrons. The molecule has 0 N–H and O–H groups in total. The minimum atomic E-state index is -0.377. The smallest absolute Gasteiger partial charge is 0.409 e. The Morgan fingerprint density at radius 3 is 2.44 bits per heavy atom. The van der Waals surface area contributed by atoms with Crippen LogP contribution in [0.1, 0.15) is 38.1 Å². The number of hydrogen-bond donors (Lipinski definition) is 0. The lowest BCUT2D eigenvalue weighted by molar-refractivity contribution is -0.137. The van der Waals surface area contributed by atoms with Gasteiger partial charge in [-0.15, -0.1) is 10.2 Å². The van der Waals surface area contributed by atoms with Crippen LogP contribution in [0.15, 0.2) is 0 Å². The second kappa shape index (κ2) is 8.20. The van der Waals surface area contributed by atoms with Crippen LogP contribution < -0.4 is 4.90 Å². The van der Waals surface area contributed by atoms with E-state index in [2.05, 4.69) is 10.2 Å². The molecule has 9 nitrogen and oxygen atoms in total. The minimum Gasteiger partial charge on any atom is -0.450 e. The molecule has 1 atom stereocenters. The van der Waals surface area contributed by atoms with E-state index in [-0.39, 0.29) is 36.2 Å². The fourth-order valence-corrected chi connectivity index (χ4v) is 4.08. The van der Waals surface area contributed by atoms with Crippen LogP contribution in [0.25, 0.3) is 0 Å². The first kappa shape index (κ1) is 19.5. The summed E-state index contributed by atoms with van der Waals surface area (Å²) in [5.41, 5.74) is 0. The molecule has 1 unspecified atom stereocenters. The normalized spacial score (nSPS) is 20.5. The predicted molar refractivity (Wildman–Crippen MR) is 99.6 cm³/mol. The second-order valence-electron chi connectivity index (χ2n) is 6.99. The Morgan fingerprint density at radius 2 is 1.85 bits per heavy atom. The standard InChI is InChI=1S/C17H25N5O4S/c1-4-26-17(25)21-7-5-20(6-8-21)15(24)12-9-13(23)22(10-12)16-19-18-14(27-16)11(2)3/h11-12H,4-10H2,1-3H3. The highest BCUT2D eigenvalue weighted by atomic mass is 32.1. The Bertz CT molecular complexity index is 714. The molecule has 3 heterocycles. The van der Waals surface area contributed by atoms with Gasteiger partial charge in [0, 0.05) is 45.1 Å². The van der Waals surface area contributed by atoms with E-state index in [1.807, 2.05) is 13.8 Å². The van der Waals surface area contributed by atoms with Gasteiger partial charge in [-0.25, -0.2) is 4.79 Å². The number of aromatic nitrogens is 2. The van der Waals surface area contributed by atoms with Crippen LogP contribution in [0, 0.1) is 5.92 Å². The molecule has 3 amide bonds. The molecule has 1 aromatic heterocycles. The van der Waals surface area contributed by atoms with Crippen LogP contribution in [-0.2, 0) is 14.3 Å². The average molecular weight is 395 g/mol. The molecule has 3 rings (SSSR count). The number of nitrogens with zero attached hydrogens (tertiary/aromatic N) is 5. The number of carbonyl (C=O) groups is 3. The van der Waals surface area contributed by atoms with Crippen LogP contribution in [-0.4, -0.2) is 77.2 Å². The van der Waals surface area contributed by atoms with Crippen molar-refractivity contribution in [1.82, 2.24) is 20.0 Å². The monoisotopic (exact) mass is 395 g/mol. The molecule has 148 valence electrons. The fraction of sp³-hybridized carbons (Fsp3) is 0.706. The molecule has 2 fully saturated rings. The number of carbonyl (C=O) groups excluding carboxylic acids is 3. The van der Waals surface area contributed by atoms with Crippen molar-refractivity contribution in [2.45, 2.75) is 33.1 Å². The van der Waals surface area contributed by atoms with Gasteiger partial charge in [0.25, 0.3) is 0 Å². The highest BCUT2D eigenvalue weighted by Gasteiger charge is 2.39. The summed E-state index contributed by atoms with van der Waals surface area (Å²) in [4.78, 5) is 41.9. The van der Waals surface area contributed by atoms with Crippen molar-refractivity contribution in [3.8, 4) is 0 Å². The van der Waals surface area contributed by atoms with Crippen molar-refractivity contribution in [3.63, 3.8) is 0 Å². The molecule has 0 aliphatic carbocycles. The lowest BCUT2D eigenvalue weighted by Gasteiger charge is -2.35. The molecule has 2 saturated heterocycles. The average Bonchev–Trinajstić information content (AvgIpc) is 3.28. The van der Waals surface area contributed by atoms with Crippen LogP contribution in [0.5, 0.6) is 0 Å². The Labute approximate surface area is 162 Å². The zero-order valence-electron chi connectivity index (χ0n) is 15.9. The van der Waals surface area contributed by atoms with Gasteiger partial charge in [0.15, 0.2) is 0 Å². The van der Waals surface area contributed by atoms with E-state index >= 15 is 0 Å². The minimum absolute atomic E-state index is 0.0389. The number of hydrogen-bond acceptors (Lipinski definition) is 7. The number of ether oxygens (including phenoxy) is 1. The first-order valence-electron chi connectivity index (χ1n) is 9.25. The van der Waals surface area contributed by atoms with Gasteiger partial charge < -0.3 is 14.5 Å². The molecule has 1 aromatic rings. The molecule has 0 spiro atoms. The van der Waals surface area contributed by atoms with E-state index in [1.54, 1.807) is 21.6 Å². The summed E-state index contributed by atoms with van der Waals surface area (Å²) < 4.78 is 4.99. The van der Waals surface area contributed by atoms with Gasteiger partial charge in [-0.1, -0.05) is 25.2 Å². The zero-order valence-corrected chi connectivity index (χ0v) is 16.7. The fourth-order valence-electron chi connectivity index (χ4n) is 3.21. The van der Waals surface area contributed by atoms with Gasteiger partial charge in [-0.05, 0) is 6.92 Å². The summed E-state index contributed by atoms with van der Waals surface area (Å²) in [6, 6.07) is 0. The van der Waals surface area contributed by atoms with Crippen LogP contribution in [0.2, 0.25) is 0 Å². The molecular weight excluding hydrogens is 370 g/mol. The predicted octanol–water partition coefficient (Wildman–Crippen LogP) is 1.32. The number of anilines is 1. The Morgan fingerprint density at radius 1 is 1.19 bits per heavy atom. The quantitative estimate of drug-likeness (QED) is 0.763. The zero-order chi connectivity index (χ0) is 19.6. The van der Waals surface area contributed by atoms with Gasteiger partial charge in [-0.3, -0.25) is 14.5 Å². The Hall–Kier alpha value is -2.23. The summed E-state index contributed by atoms with van der Waals surface area (Å²) in [5.74, 6) is -0.256. The molecule has 0 aromatic carbocycles. The third kappa shape index (κ3) is 4.20. The summed E-state index contributed by atoms with van der Waals surface area (Å²) in [7, 11) is 0. The van der Waals surface area contributed by atoms with E-state index < -0.39 is 0 Å². The number of amides is 3. The molecule has 2 aliphatic rings. The van der Waals surface area contributed by atoms with Gasteiger partial charge in [0.2, 0.25) is 16.9 Å². The van der Waals surface area contributed by atoms with E-state index in [9.17, 15) is 14.4 Å². The first-order chi connectivity index (χ1) is 12.9. The van der Waals surface area contributed by atoms with Crippen molar-refractivity contribution < 1.29 is 19.1 Å². The van der Waals surface area contributed by atoms with Gasteiger partial charge in [0.1, 0.15) is 5.01 Å². The van der Waals surface area contributed by atoms with Crippen molar-refractivity contribution in [2.75, 3.05) is 44.2 Å². The van der Waals surface area contributed by atoms with Crippen molar-refractivity contribution in [1.29, 1.82) is 0 Å². The van der Waals surface area contributed by atoms with Crippen molar-refractivity contribution in [3.05, 3.63) is 5.01 Å². The molecule has 0 saturated carbocycles. The molecular formula is C17H25N5O4S. The molecule has 0 bridgehead atoms. The number of rotatable bonds is 4. The van der Waals surface area contributed by atoms with E-state index in [1.165, 1.54) is 11.3 Å². The van der Waals surface area contributed by atoms with Crippen LogP contribution >= 0.6 is 11.3 Å². The second-order valence-corrected chi connectivity index (χ2v) is 7.98. The third-order valence-corrected chi connectivity index (χ3v) is 5.99. The molecule has 10 heteroatoms. The summed E-state index contributed by atoms with van der Waals surface area (Å²) in [5, 5.41) is 9.68. The third-order valence-electron chi connectivity index (χ3n) is 4.75. The van der Waals surface area contributed by atoms with Gasteiger partial charge in [-0.2, -0.15) is 0 Å². The summed E-state index contributed by atoms with van der Waals surface area (Å²) in [6.45, 7) is 8.30. The Kier molecular flexibility index (Phi) is 5.93. The molecule has 2 aliphatic heterocycles. The SMILES string of the molecule is CCOC(=O)N1CCN(C(=O)C2CC(=O)N(c3nnc(C(C)C)s3)C2)CC1. The highest BCUT2D eigenvalue weighted by molar-refractivity contribution is 7.15. The molecule has 27 heavy (non-hydrogen) atoms. The van der Waals surface area contributed by atoms with Gasteiger partial charge >= 0.3 is 6.09 Å². The maximum absolute atomic E-state index is 12.8. The summed E-state index contributed by atoms with van der Waals surface area (Å²) >= 11 is 1.40. The Balaban J connectivity index is 1.57. The van der Waals surface area contributed by atoms with E-state index in [4.69, 9.17) is 4.74 Å². The van der Waals surface area contributed by atoms with E-state index in [0.29, 0.717) is 44.5 Å². The lowest BCUT2D eigenvalue weighted by Crippen LogP contribution is -2.52. The first-order valence-corrected chi connectivity index (χ1v) is 10.1. The maximum atomic E-state index is 12.8. The van der Waals surface area contributed by atoms with Gasteiger partial charge in [0.05, 0.1) is 12.5 Å². The topological polar surface area (TPSA) is 95.9 Å². The van der Waals surface area contributed by atoms with Crippen molar-refractivity contribution >= 4 is 34.4 Å².